The van der Waals surface area contributed by atoms with Gasteiger partial charge in [-0.2, -0.15) is 0 Å². The van der Waals surface area contributed by atoms with E-state index in [-0.39, 0.29) is 24.0 Å². The summed E-state index contributed by atoms with van der Waals surface area (Å²) in [5.41, 5.74) is 1.83. The van der Waals surface area contributed by atoms with Crippen LogP contribution in [0.25, 0.3) is 11.1 Å². The van der Waals surface area contributed by atoms with Gasteiger partial charge in [-0.05, 0) is 78.2 Å². The Hall–Kier alpha value is -5.13. The number of carboxylic acid groups (broad SMARTS) is 1. The summed E-state index contributed by atoms with van der Waals surface area (Å²) in [5, 5.41) is 64.6. The highest BCUT2D eigenvalue weighted by molar-refractivity contribution is 5.81. The number of carbonyl (C=O) groups is 1. The number of carboxylic acids is 1. The van der Waals surface area contributed by atoms with Crippen molar-refractivity contribution in [2.24, 2.45) is 0 Å². The maximum Gasteiger partial charge on any atom is 0.340 e. The lowest BCUT2D eigenvalue weighted by atomic mass is 9.74. The molecule has 9 atom stereocenters. The van der Waals surface area contributed by atoms with Crippen molar-refractivity contribution in [1.29, 1.82) is 0 Å². The van der Waals surface area contributed by atoms with Crippen molar-refractivity contribution >= 4 is 5.97 Å². The minimum atomic E-state index is -2.50. The summed E-state index contributed by atoms with van der Waals surface area (Å²) in [6, 6.07) is 17.7. The Balaban J connectivity index is 1.26. The topological polar surface area (TPSA) is 210 Å². The summed E-state index contributed by atoms with van der Waals surface area (Å²) < 4.78 is 38.2. The van der Waals surface area contributed by atoms with Crippen LogP contribution in [0.1, 0.15) is 45.4 Å². The molecule has 5 aliphatic heterocycles. The van der Waals surface area contributed by atoms with Crippen molar-refractivity contribution < 1.29 is 58.7 Å². The van der Waals surface area contributed by atoms with E-state index in [1.165, 1.54) is 7.05 Å². The van der Waals surface area contributed by atoms with Gasteiger partial charge in [0, 0.05) is 36.7 Å². The van der Waals surface area contributed by atoms with E-state index in [0.717, 1.165) is 27.8 Å². The van der Waals surface area contributed by atoms with E-state index in [4.69, 9.17) is 28.4 Å². The van der Waals surface area contributed by atoms with E-state index in [9.17, 15) is 30.3 Å². The molecule has 8 bridgehead atoms. The summed E-state index contributed by atoms with van der Waals surface area (Å²) in [7, 11) is 6.52. The van der Waals surface area contributed by atoms with Crippen molar-refractivity contribution in [1.82, 2.24) is 16.0 Å². The predicted molar refractivity (Wildman–Crippen MR) is 203 cm³/mol. The third kappa shape index (κ3) is 5.56. The van der Waals surface area contributed by atoms with Gasteiger partial charge in [-0.3, -0.25) is 5.32 Å². The van der Waals surface area contributed by atoms with Crippen molar-refractivity contribution in [3.05, 3.63) is 94.0 Å². The Morgan fingerprint density at radius 2 is 1.79 bits per heavy atom. The fraction of sp³-hybridized carbons (Fsp3) is 0.405. The first kappa shape index (κ1) is 37.4. The molecule has 300 valence electrons. The summed E-state index contributed by atoms with van der Waals surface area (Å²) >= 11 is 0. The molecule has 4 aromatic carbocycles. The van der Waals surface area contributed by atoms with Crippen molar-refractivity contribution in [2.45, 2.75) is 73.4 Å². The van der Waals surface area contributed by atoms with Crippen LogP contribution >= 0.6 is 0 Å². The molecule has 0 amide bonds. The van der Waals surface area contributed by atoms with Gasteiger partial charge in [0.25, 0.3) is 0 Å². The number of likely N-dealkylation sites (N-methyl/N-ethyl adjacent to an activating group) is 1. The number of benzene rings is 4. The number of aliphatic carboxylic acids is 1. The summed E-state index contributed by atoms with van der Waals surface area (Å²) in [6.45, 7) is 0.366. The van der Waals surface area contributed by atoms with Gasteiger partial charge >= 0.3 is 5.97 Å². The van der Waals surface area contributed by atoms with Crippen LogP contribution in [0, 0.1) is 0 Å². The average Bonchev–Trinajstić information content (AvgIpc) is 3.60. The number of aromatic hydroxyl groups is 1. The second-order valence-corrected chi connectivity index (χ2v) is 15.3. The Morgan fingerprint density at radius 3 is 2.53 bits per heavy atom. The lowest BCUT2D eigenvalue weighted by Gasteiger charge is -2.58. The number of rotatable bonds is 8. The van der Waals surface area contributed by atoms with E-state index in [1.807, 2.05) is 25.2 Å². The number of phenolic OH excluding ortho intramolecular Hbond substituents is 1. The zero-order chi connectivity index (χ0) is 40.0. The molecule has 10 rings (SSSR count). The molecule has 4 aromatic rings. The molecule has 8 N–H and O–H groups in total. The van der Waals surface area contributed by atoms with Crippen LogP contribution in [0.5, 0.6) is 34.5 Å². The van der Waals surface area contributed by atoms with Gasteiger partial charge in [0.15, 0.2) is 23.3 Å². The van der Waals surface area contributed by atoms with Crippen LogP contribution in [0.4, 0.5) is 0 Å². The van der Waals surface area contributed by atoms with E-state index < -0.39 is 54.0 Å². The molecule has 1 aliphatic carbocycles. The van der Waals surface area contributed by atoms with Gasteiger partial charge < -0.3 is 64.6 Å². The second-order valence-electron chi connectivity index (χ2n) is 15.3. The van der Waals surface area contributed by atoms with Crippen molar-refractivity contribution in [2.75, 3.05) is 34.9 Å². The smallest absolute Gasteiger partial charge is 0.340 e. The molecule has 0 unspecified atom stereocenters. The van der Waals surface area contributed by atoms with Gasteiger partial charge in [0.05, 0.1) is 26.2 Å². The number of fused-ring (bicyclic) bond motifs is 3. The van der Waals surface area contributed by atoms with Gasteiger partial charge in [-0.15, -0.1) is 0 Å². The largest absolute Gasteiger partial charge is 0.508 e. The molecule has 0 radical (unpaired) electrons. The molecule has 5 heterocycles. The third-order valence-corrected chi connectivity index (χ3v) is 12.2. The fourth-order valence-corrected chi connectivity index (χ4v) is 9.56. The number of aliphatic hydroxyl groups excluding tert-OH is 2. The molecular formula is C42H45N3O12. The van der Waals surface area contributed by atoms with Crippen LogP contribution in [-0.4, -0.2) is 108 Å². The number of nitrogens with one attached hydrogen (secondary N) is 3. The number of hydrogen-bond acceptors (Lipinski definition) is 14. The maximum absolute atomic E-state index is 12.9. The highest BCUT2D eigenvalue weighted by atomic mass is 16.7. The molecule has 0 aromatic heterocycles. The van der Waals surface area contributed by atoms with Crippen LogP contribution in [0.15, 0.2) is 60.7 Å². The SMILES string of the molecule is CNCc1cc(OC)c(OC)c2c1[C@@H]1[C@H]3Cc4cccc(c4)Cc4ccc(O)cc4-c4cc(O[C@@H]5O[C@@]6(C(=O)O)[C@H](NC)CN[C@@](O)([C@H]5O)[C@@H]6O)cc(c4[C@@H]1O2)O3. The standard InChI is InChI=1S/C42H45N3O12/c1-43-17-22-13-29(52-3)34(53-4)36-31(22)33-27-12-20-7-5-6-19(10-20)11-21-8-9-23(46)14-25(21)26-15-24(16-28(55-27)32(26)35(33)56-36)54-38-37(47)42(51)39(48)41(57-38,40(49)50)30(44-2)18-45-42/h5-10,13-16,27,30,33,35,37-39,43-48,51H,11-12,17-18H2,1-4H3,(H,49,50)/t27-,30-,33+,35+,37+,38-,39-,41+,42-/m1/s1. The number of methoxy groups -OCH3 is 2. The lowest BCUT2D eigenvalue weighted by molar-refractivity contribution is -0.362. The van der Waals surface area contributed by atoms with E-state index in [0.29, 0.717) is 59.1 Å². The van der Waals surface area contributed by atoms with Gasteiger partial charge in [0.1, 0.15) is 35.6 Å². The second kappa shape index (κ2) is 13.8. The van der Waals surface area contributed by atoms with Crippen molar-refractivity contribution in [3.63, 3.8) is 0 Å². The Labute approximate surface area is 328 Å². The summed E-state index contributed by atoms with van der Waals surface area (Å²) in [6.07, 6.45) is -5.90. The molecule has 2 saturated heterocycles. The normalized spacial score (nSPS) is 30.3. The first-order valence-corrected chi connectivity index (χ1v) is 18.9. The zero-order valence-corrected chi connectivity index (χ0v) is 31.7. The predicted octanol–water partition coefficient (Wildman–Crippen LogP) is 2.08. The van der Waals surface area contributed by atoms with Gasteiger partial charge in [0.2, 0.25) is 17.6 Å². The molecule has 0 spiro atoms. The summed E-state index contributed by atoms with van der Waals surface area (Å²) in [5.74, 6) is 0.0972. The number of phenols is 1. The molecule has 2 fully saturated rings. The molecule has 15 nitrogen and oxygen atoms in total. The Bertz CT molecular complexity index is 2270. The molecule has 57 heavy (non-hydrogen) atoms. The molecule has 0 saturated carbocycles. The Morgan fingerprint density at radius 1 is 0.982 bits per heavy atom. The van der Waals surface area contributed by atoms with Crippen LogP contribution in [-0.2, 0) is 28.9 Å². The molecule has 6 aliphatic rings. The average molecular weight is 784 g/mol. The van der Waals surface area contributed by atoms with Crippen molar-refractivity contribution in [3.8, 4) is 45.6 Å². The third-order valence-electron chi connectivity index (χ3n) is 12.2. The van der Waals surface area contributed by atoms with Gasteiger partial charge in [-0.1, -0.05) is 30.3 Å². The molecule has 15 heteroatoms. The zero-order valence-electron chi connectivity index (χ0n) is 31.7. The lowest BCUT2D eigenvalue weighted by Crippen LogP contribution is -2.87. The van der Waals surface area contributed by atoms with E-state index in [1.54, 1.807) is 38.5 Å². The fourth-order valence-electron chi connectivity index (χ4n) is 9.56. The monoisotopic (exact) mass is 783 g/mol. The number of piperidine rings is 1. The highest BCUT2D eigenvalue weighted by Crippen LogP contribution is 2.62. The first-order valence-electron chi connectivity index (χ1n) is 18.9. The number of ether oxygens (including phenoxy) is 6. The quantitative estimate of drug-likeness (QED) is 0.129. The highest BCUT2D eigenvalue weighted by Gasteiger charge is 2.71. The van der Waals surface area contributed by atoms with E-state index >= 15 is 0 Å². The van der Waals surface area contributed by atoms with Crippen LogP contribution in [0.3, 0.4) is 0 Å². The number of hydrogen-bond donors (Lipinski definition) is 8. The molecular weight excluding hydrogens is 738 g/mol. The maximum atomic E-state index is 12.9. The summed E-state index contributed by atoms with van der Waals surface area (Å²) in [4.78, 5) is 12.9. The van der Waals surface area contributed by atoms with Crippen LogP contribution < -0.4 is 39.6 Å². The van der Waals surface area contributed by atoms with Crippen LogP contribution in [0.2, 0.25) is 0 Å². The van der Waals surface area contributed by atoms with E-state index in [2.05, 4.69) is 34.1 Å². The minimum Gasteiger partial charge on any atom is -0.508 e. The first-order chi connectivity index (χ1) is 27.4. The number of aliphatic hydroxyl groups is 3. The van der Waals surface area contributed by atoms with Gasteiger partial charge in [-0.25, -0.2) is 4.79 Å². The Kier molecular flexibility index (Phi) is 9.04. The minimum absolute atomic E-state index is 0.0156.